The van der Waals surface area contributed by atoms with E-state index in [1.165, 1.54) is 5.56 Å². The third-order valence-corrected chi connectivity index (χ3v) is 4.48. The van der Waals surface area contributed by atoms with Crippen molar-refractivity contribution in [2.24, 2.45) is 0 Å². The van der Waals surface area contributed by atoms with E-state index in [1.54, 1.807) is 4.68 Å². The zero-order valence-electron chi connectivity index (χ0n) is 14.5. The van der Waals surface area contributed by atoms with Gasteiger partial charge in [0.25, 0.3) is 0 Å². The first-order chi connectivity index (χ1) is 12.7. The average Bonchev–Trinajstić information content (AvgIpc) is 3.33. The molecule has 0 spiro atoms. The van der Waals surface area contributed by atoms with Crippen LogP contribution in [-0.4, -0.2) is 33.8 Å². The van der Waals surface area contributed by atoms with Crippen molar-refractivity contribution in [3.05, 3.63) is 72.2 Å². The van der Waals surface area contributed by atoms with Crippen LogP contribution in [0.15, 0.2) is 55.1 Å². The normalized spacial score (nSPS) is 11.6. The molecule has 0 amide bonds. The van der Waals surface area contributed by atoms with E-state index >= 15 is 0 Å². The molecule has 5 heterocycles. The summed E-state index contributed by atoms with van der Waals surface area (Å²) >= 11 is 0. The van der Waals surface area contributed by atoms with Gasteiger partial charge in [0.1, 0.15) is 22.9 Å². The van der Waals surface area contributed by atoms with Crippen molar-refractivity contribution in [2.45, 2.75) is 20.4 Å². The predicted octanol–water partition coefficient (Wildman–Crippen LogP) is 2.91. The first-order valence-electron chi connectivity index (χ1n) is 8.46. The Morgan fingerprint density at radius 1 is 0.962 bits per heavy atom. The molecule has 0 aromatic carbocycles. The lowest BCUT2D eigenvalue weighted by molar-refractivity contribution is 0.641. The molecule has 5 aromatic heterocycles. The SMILES string of the molecule is Cc1ccc2nc(Cn3cc(-c4nc(C)n5ccccc45)nn3)cn2c1. The predicted molar refractivity (Wildman–Crippen MR) is 98.0 cm³/mol. The Morgan fingerprint density at radius 2 is 1.88 bits per heavy atom. The molecule has 128 valence electrons. The van der Waals surface area contributed by atoms with Crippen LogP contribution < -0.4 is 0 Å². The van der Waals surface area contributed by atoms with Gasteiger partial charge < -0.3 is 8.80 Å². The summed E-state index contributed by atoms with van der Waals surface area (Å²) in [6.07, 6.45) is 8.02. The van der Waals surface area contributed by atoms with Crippen molar-refractivity contribution < 1.29 is 0 Å². The molecule has 0 bridgehead atoms. The zero-order chi connectivity index (χ0) is 17.7. The van der Waals surface area contributed by atoms with Gasteiger partial charge in [0.2, 0.25) is 0 Å². The fraction of sp³-hybridized carbons (Fsp3) is 0.158. The number of rotatable bonds is 3. The van der Waals surface area contributed by atoms with Crippen molar-refractivity contribution in [3.8, 4) is 11.4 Å². The number of hydrogen-bond acceptors (Lipinski definition) is 4. The molecule has 7 heteroatoms. The number of aryl methyl sites for hydroxylation is 2. The van der Waals surface area contributed by atoms with Crippen LogP contribution in [0.25, 0.3) is 22.6 Å². The minimum absolute atomic E-state index is 0.568. The Bertz CT molecular complexity index is 1240. The minimum atomic E-state index is 0.568. The van der Waals surface area contributed by atoms with E-state index in [4.69, 9.17) is 0 Å². The topological polar surface area (TPSA) is 65.3 Å². The van der Waals surface area contributed by atoms with Gasteiger partial charge in [-0.1, -0.05) is 17.3 Å². The smallest absolute Gasteiger partial charge is 0.137 e. The highest BCUT2D eigenvalue weighted by atomic mass is 15.4. The molecule has 5 rings (SSSR count). The van der Waals surface area contributed by atoms with Crippen LogP contribution in [0.3, 0.4) is 0 Å². The van der Waals surface area contributed by atoms with Crippen LogP contribution in [0, 0.1) is 13.8 Å². The Balaban J connectivity index is 1.49. The highest BCUT2D eigenvalue weighted by Crippen LogP contribution is 2.22. The van der Waals surface area contributed by atoms with E-state index in [1.807, 2.05) is 54.2 Å². The van der Waals surface area contributed by atoms with Gasteiger partial charge >= 0.3 is 0 Å². The average molecular weight is 343 g/mol. The molecule has 7 nitrogen and oxygen atoms in total. The highest BCUT2D eigenvalue weighted by molar-refractivity contribution is 5.74. The van der Waals surface area contributed by atoms with E-state index in [-0.39, 0.29) is 0 Å². The van der Waals surface area contributed by atoms with Crippen molar-refractivity contribution in [3.63, 3.8) is 0 Å². The summed E-state index contributed by atoms with van der Waals surface area (Å²) in [5.41, 5.74) is 5.72. The van der Waals surface area contributed by atoms with Gasteiger partial charge in [0, 0.05) is 18.6 Å². The molecule has 0 aliphatic heterocycles. The lowest BCUT2D eigenvalue weighted by Crippen LogP contribution is -2.00. The number of nitrogens with zero attached hydrogens (tertiary/aromatic N) is 7. The molecule has 0 atom stereocenters. The summed E-state index contributed by atoms with van der Waals surface area (Å²) in [5.74, 6) is 0.931. The maximum absolute atomic E-state index is 4.65. The monoisotopic (exact) mass is 343 g/mol. The fourth-order valence-corrected chi connectivity index (χ4v) is 3.26. The second kappa shape index (κ2) is 5.52. The van der Waals surface area contributed by atoms with E-state index in [2.05, 4.69) is 43.9 Å². The van der Waals surface area contributed by atoms with Gasteiger partial charge in [-0.3, -0.25) is 0 Å². The van der Waals surface area contributed by atoms with Crippen LogP contribution in [0.2, 0.25) is 0 Å². The zero-order valence-corrected chi connectivity index (χ0v) is 14.5. The molecule has 5 aromatic rings. The largest absolute Gasteiger partial charge is 0.306 e. The molecule has 0 N–H and O–H groups in total. The lowest BCUT2D eigenvalue weighted by atomic mass is 10.3. The standard InChI is InChI=1S/C19H17N7/c1-13-6-7-18-21-15(10-24(18)9-13)11-25-12-16(22-23-25)19-17-5-3-4-8-26(17)14(2)20-19/h3-10,12H,11H2,1-2H3. The Labute approximate surface area is 149 Å². The second-order valence-corrected chi connectivity index (χ2v) is 6.47. The highest BCUT2D eigenvalue weighted by Gasteiger charge is 2.14. The number of fused-ring (bicyclic) bond motifs is 2. The molecule has 0 fully saturated rings. The number of pyridine rings is 2. The molecule has 0 saturated heterocycles. The Morgan fingerprint density at radius 3 is 2.81 bits per heavy atom. The number of imidazole rings is 2. The van der Waals surface area contributed by atoms with Gasteiger partial charge in [0.15, 0.2) is 0 Å². The quantitative estimate of drug-likeness (QED) is 0.505. The molecular weight excluding hydrogens is 326 g/mol. The van der Waals surface area contributed by atoms with E-state index in [9.17, 15) is 0 Å². The minimum Gasteiger partial charge on any atom is -0.306 e. The van der Waals surface area contributed by atoms with Gasteiger partial charge in [-0.2, -0.15) is 0 Å². The number of aromatic nitrogens is 7. The summed E-state index contributed by atoms with van der Waals surface area (Å²) in [6, 6.07) is 10.1. The summed E-state index contributed by atoms with van der Waals surface area (Å²) < 4.78 is 5.89. The maximum atomic E-state index is 4.65. The van der Waals surface area contributed by atoms with Crippen LogP contribution in [0.1, 0.15) is 17.1 Å². The van der Waals surface area contributed by atoms with E-state index < -0.39 is 0 Å². The lowest BCUT2D eigenvalue weighted by Gasteiger charge is -1.95. The van der Waals surface area contributed by atoms with Crippen LogP contribution in [0.5, 0.6) is 0 Å². The molecule has 0 saturated carbocycles. The molecular formula is C19H17N7. The molecule has 26 heavy (non-hydrogen) atoms. The summed E-state index contributed by atoms with van der Waals surface area (Å²) in [6.45, 7) is 4.62. The fourth-order valence-electron chi connectivity index (χ4n) is 3.26. The molecule has 0 unspecified atom stereocenters. The second-order valence-electron chi connectivity index (χ2n) is 6.47. The van der Waals surface area contributed by atoms with Crippen molar-refractivity contribution in [1.82, 2.24) is 33.8 Å². The first-order valence-corrected chi connectivity index (χ1v) is 8.46. The summed E-state index contributed by atoms with van der Waals surface area (Å²) in [4.78, 5) is 9.29. The van der Waals surface area contributed by atoms with Crippen LogP contribution in [-0.2, 0) is 6.54 Å². The third-order valence-electron chi connectivity index (χ3n) is 4.48. The maximum Gasteiger partial charge on any atom is 0.137 e. The van der Waals surface area contributed by atoms with E-state index in [0.717, 1.165) is 34.1 Å². The third kappa shape index (κ3) is 2.36. The van der Waals surface area contributed by atoms with Crippen molar-refractivity contribution in [1.29, 1.82) is 0 Å². The Hall–Kier alpha value is -3.48. The van der Waals surface area contributed by atoms with Gasteiger partial charge in [-0.05, 0) is 37.6 Å². The van der Waals surface area contributed by atoms with Crippen molar-refractivity contribution >= 4 is 11.2 Å². The molecule has 0 radical (unpaired) electrons. The summed E-state index contributed by atoms with van der Waals surface area (Å²) in [5, 5.41) is 8.58. The summed E-state index contributed by atoms with van der Waals surface area (Å²) in [7, 11) is 0. The molecule has 0 aliphatic carbocycles. The van der Waals surface area contributed by atoms with E-state index in [0.29, 0.717) is 6.54 Å². The number of hydrogen-bond donors (Lipinski definition) is 0. The van der Waals surface area contributed by atoms with Gasteiger partial charge in [0.05, 0.1) is 24.0 Å². The molecule has 0 aliphatic rings. The van der Waals surface area contributed by atoms with Crippen molar-refractivity contribution in [2.75, 3.05) is 0 Å². The van der Waals surface area contributed by atoms with Gasteiger partial charge in [-0.25, -0.2) is 14.6 Å². The van der Waals surface area contributed by atoms with Crippen LogP contribution >= 0.6 is 0 Å². The first kappa shape index (κ1) is 14.8. The Kier molecular flexibility index (Phi) is 3.15. The van der Waals surface area contributed by atoms with Gasteiger partial charge in [-0.15, -0.1) is 5.10 Å². The van der Waals surface area contributed by atoms with Crippen LogP contribution in [0.4, 0.5) is 0 Å².